The average molecular weight is 1840 g/mol. The minimum atomic E-state index is -0.687. The number of nitrogen functional groups attached to an aromatic ring is 3. The summed E-state index contributed by atoms with van der Waals surface area (Å²) in [5.74, 6) is -5.40. The van der Waals surface area contributed by atoms with Crippen LogP contribution in [0.3, 0.4) is 0 Å². The predicted octanol–water partition coefficient (Wildman–Crippen LogP) is 14.2. The van der Waals surface area contributed by atoms with Crippen molar-refractivity contribution in [2.75, 3.05) is 123 Å². The number of hydrogen-bond acceptors (Lipinski definition) is 24. The number of fused-ring (bicyclic) bond motifs is 5. The number of morpholine rings is 2. The number of pyridine rings is 3. The number of benzene rings is 8. The van der Waals surface area contributed by atoms with Gasteiger partial charge in [0.25, 0.3) is 17.0 Å². The number of esters is 2. The third-order valence-corrected chi connectivity index (χ3v) is 19.0. The highest BCUT2D eigenvalue weighted by molar-refractivity contribution is 6.64. The van der Waals surface area contributed by atoms with E-state index in [2.05, 4.69) is 60.1 Å². The average Bonchev–Trinajstić information content (AvgIpc) is 1.67. The molecule has 2 fully saturated rings. The summed E-state index contributed by atoms with van der Waals surface area (Å²) in [5, 5.41) is 7.71. The number of carbonyl (C=O) groups is 9. The minimum absolute atomic E-state index is 0.00750. The van der Waals surface area contributed by atoms with Crippen molar-refractivity contribution in [2.45, 2.75) is 46.1 Å². The van der Waals surface area contributed by atoms with Crippen molar-refractivity contribution in [3.63, 3.8) is 0 Å². The van der Waals surface area contributed by atoms with Crippen molar-refractivity contribution in [1.29, 1.82) is 0 Å². The molecule has 14 N–H and O–H groups in total. The lowest BCUT2D eigenvalue weighted by molar-refractivity contribution is -0.146. The molecular formula is C90H88Cl3F6N15O15. The highest BCUT2D eigenvalue weighted by atomic mass is 35.5. The minimum Gasteiger partial charge on any atom is -0.466 e. The number of aromatic nitrogens is 5. The Morgan fingerprint density at radius 3 is 1.61 bits per heavy atom. The van der Waals surface area contributed by atoms with E-state index in [4.69, 9.17) is 67.2 Å². The van der Waals surface area contributed by atoms with Crippen LogP contribution in [0.25, 0.3) is 44.2 Å². The Kier molecular flexibility index (Phi) is 38.0. The van der Waals surface area contributed by atoms with Crippen LogP contribution in [0.1, 0.15) is 82.8 Å². The maximum Gasteiger partial charge on any atom is 0.315 e. The van der Waals surface area contributed by atoms with Gasteiger partial charge in [0.1, 0.15) is 64.7 Å². The fourth-order valence-corrected chi connectivity index (χ4v) is 12.7. The summed E-state index contributed by atoms with van der Waals surface area (Å²) >= 11 is 17.1. The molecule has 0 unspecified atom stereocenters. The molecule has 3 amide bonds. The fraction of sp³-hybridized carbons (Fsp3) is 0.211. The number of H-pyrrole nitrogens is 3. The Balaban J connectivity index is 0.000000184. The second-order valence-corrected chi connectivity index (χ2v) is 29.1. The number of hydrogen-bond donors (Lipinski definition) is 10. The highest BCUT2D eigenvalue weighted by Gasteiger charge is 2.30. The van der Waals surface area contributed by atoms with Crippen molar-refractivity contribution in [3.8, 4) is 11.4 Å². The summed E-state index contributed by atoms with van der Waals surface area (Å²) < 4.78 is 96.6. The maximum absolute atomic E-state index is 13.7. The Hall–Kier alpha value is -14.3. The van der Waals surface area contributed by atoms with Crippen molar-refractivity contribution in [2.24, 2.45) is 5.73 Å². The van der Waals surface area contributed by atoms with Crippen molar-refractivity contribution >= 4 is 166 Å². The summed E-state index contributed by atoms with van der Waals surface area (Å²) in [6.45, 7) is 12.2. The Morgan fingerprint density at radius 2 is 1.09 bits per heavy atom. The quantitative estimate of drug-likeness (QED) is 0.00749. The van der Waals surface area contributed by atoms with E-state index >= 15 is 0 Å². The number of ketones is 2. The van der Waals surface area contributed by atoms with Crippen molar-refractivity contribution in [3.05, 3.63) is 282 Å². The van der Waals surface area contributed by atoms with E-state index in [1.165, 1.54) is 115 Å². The van der Waals surface area contributed by atoms with Crippen LogP contribution in [-0.4, -0.2) is 162 Å². The van der Waals surface area contributed by atoms with Gasteiger partial charge in [0.15, 0.2) is 12.1 Å². The Labute approximate surface area is 748 Å². The number of imidazole rings is 1. The standard InChI is InChI=1S/C20H16ClFN4O2.C12H11FN2O2.C11H12FNO3.C10H5ClFNO2.C10H15N3O.C9H6FNO2.C7H10N2.C6H6FN.C5H7ClO3/c21-18-13-9-11(22)1-3-14(13)25-20(27)17(18)19-23-15-4-2-12(10-16(15)24-19)26-5-7-28-8-6-26;1-15(2)6-9-11(16)8-5-7(13)3-4-10(8)14-12(9)17;1-2-16-11(15)7-10(14)13-9-5-3-8(12)4-6-9;11-9-6-3-5(12)1-2-8(6)13-10(15)7(9)4-14;11-9-2-1-8(7-10(9)12)13-3-5-14-6-4-13;10-5-1-2-7-6(3-5)8(12)4-9(13)11-7;1-6(8)7-4-2-3-5-9-7;7-5-1-3-6(8)4-2-5;1-2-9-5(8)3-4(6)7/h1-4,9-10H,5-8H2,(H,23,24)(H,25,27);3-6H,1-2H3,(H,14,17);3-6H,2,7H2,1H3,(H,13,14);1-4H,(H,13,15);1-2,7H,3-6,11-12H2;1-3H,4H2,(H,11,13);2-6H,8H2,1H3;1-4H,8H2;2-3H2,1H3/b;9-6-;;;;;;;/t;;;;;;6-;;/m......0../s1. The molecule has 8 aromatic carbocycles. The molecular weight excluding hydrogens is 1750 g/mol. The van der Waals surface area contributed by atoms with Gasteiger partial charge in [-0.15, -0.1) is 0 Å². The highest BCUT2D eigenvalue weighted by Crippen LogP contribution is 2.34. The summed E-state index contributed by atoms with van der Waals surface area (Å²) in [6, 6.07) is 43.7. The monoisotopic (exact) mass is 1840 g/mol. The molecule has 4 aliphatic rings. The van der Waals surface area contributed by atoms with Crippen LogP contribution in [0.2, 0.25) is 10.0 Å². The zero-order valence-corrected chi connectivity index (χ0v) is 72.1. The molecule has 676 valence electrons. The first kappa shape index (κ1) is 100. The molecule has 129 heavy (non-hydrogen) atoms. The first-order chi connectivity index (χ1) is 61.5. The number of aldehydes is 1. The number of aromatic amines is 3. The SMILES string of the molecule is CCOC(=O)CC(=O)Cl.CCOC(=O)CC(=O)Nc1ccc(F)cc1.CN(C)/C=C1\C(=O)Nc2ccc(F)cc2C1=O.C[C@H](N)c1ccccn1.Nc1ccc(F)cc1.Nc1ccc(N2CCOCC2)cc1N.O=C1CC(=O)c2cc(F)ccc2N1.O=Cc1c(Cl)c2cc(F)ccc2[nH]c1=O.O=c1[nH]c2ccc(F)cc2c(Cl)c1-c1nc2ccc(N3CCOCC3)cc2[nH]1. The number of Topliss-reactive ketones (excluding diaryl/α,β-unsaturated/α-hetero) is 2. The number of anilines is 8. The van der Waals surface area contributed by atoms with Gasteiger partial charge >= 0.3 is 11.9 Å². The second kappa shape index (κ2) is 49.0. The predicted molar refractivity (Wildman–Crippen MR) is 482 cm³/mol. The molecule has 30 nitrogen and oxygen atoms in total. The van der Waals surface area contributed by atoms with Crippen LogP contribution in [0, 0.1) is 34.9 Å². The van der Waals surface area contributed by atoms with Crippen molar-refractivity contribution in [1.82, 2.24) is 29.8 Å². The normalized spacial score (nSPS) is 13.3. The number of carbonyl (C=O) groups excluding carboxylic acids is 9. The van der Waals surface area contributed by atoms with Crippen LogP contribution in [0.5, 0.6) is 0 Å². The molecule has 16 rings (SSSR count). The van der Waals surface area contributed by atoms with E-state index in [0.29, 0.717) is 81.3 Å². The Morgan fingerprint density at radius 1 is 0.581 bits per heavy atom. The zero-order chi connectivity index (χ0) is 94.1. The zero-order valence-electron chi connectivity index (χ0n) is 69.8. The summed E-state index contributed by atoms with van der Waals surface area (Å²) in [5.41, 5.74) is 30.3. The lowest BCUT2D eigenvalue weighted by atomic mass is 9.97. The fourth-order valence-electron chi connectivity index (χ4n) is 11.9. The van der Waals surface area contributed by atoms with Crippen LogP contribution in [0.4, 0.5) is 71.8 Å². The van der Waals surface area contributed by atoms with E-state index in [0.717, 1.165) is 79.6 Å². The largest absolute Gasteiger partial charge is 0.466 e. The maximum atomic E-state index is 13.7. The van der Waals surface area contributed by atoms with Gasteiger partial charge in [-0.1, -0.05) is 29.3 Å². The number of amides is 3. The Bertz CT molecular complexity index is 6140. The lowest BCUT2D eigenvalue weighted by Gasteiger charge is -2.29. The van der Waals surface area contributed by atoms with Gasteiger partial charge in [0.2, 0.25) is 22.8 Å². The van der Waals surface area contributed by atoms with E-state index in [1.807, 2.05) is 61.5 Å². The van der Waals surface area contributed by atoms with E-state index in [9.17, 15) is 79.1 Å². The lowest BCUT2D eigenvalue weighted by Crippen LogP contribution is -2.36. The first-order valence-electron chi connectivity index (χ1n) is 39.2. The van der Waals surface area contributed by atoms with Crippen molar-refractivity contribution < 1.29 is 88.4 Å². The molecule has 4 aromatic heterocycles. The smallest absolute Gasteiger partial charge is 0.315 e. The third-order valence-electron chi connectivity index (χ3n) is 18.1. The van der Waals surface area contributed by atoms with Crippen LogP contribution < -0.4 is 59.8 Å². The molecule has 0 spiro atoms. The molecule has 0 bridgehead atoms. The van der Waals surface area contributed by atoms with Crippen LogP contribution >= 0.6 is 34.8 Å². The molecule has 0 aliphatic carbocycles. The summed E-state index contributed by atoms with van der Waals surface area (Å²) in [6.07, 6.45) is 2.65. The molecule has 2 saturated heterocycles. The first-order valence-corrected chi connectivity index (χ1v) is 40.3. The van der Waals surface area contributed by atoms with Gasteiger partial charge in [-0.2, -0.15) is 0 Å². The summed E-state index contributed by atoms with van der Waals surface area (Å²) in [7, 11) is 3.41. The molecule has 39 heteroatoms. The number of nitrogens with two attached hydrogens (primary N) is 4. The second-order valence-electron chi connectivity index (χ2n) is 27.9. The number of nitrogens with one attached hydrogen (secondary N) is 6. The molecule has 0 radical (unpaired) electrons. The van der Waals surface area contributed by atoms with Gasteiger partial charge in [-0.05, 0) is 202 Å². The van der Waals surface area contributed by atoms with E-state index in [-0.39, 0.29) is 105 Å². The van der Waals surface area contributed by atoms with E-state index in [1.54, 1.807) is 39.0 Å². The summed E-state index contributed by atoms with van der Waals surface area (Å²) in [4.78, 5) is 146. The molecule has 0 saturated carbocycles. The van der Waals surface area contributed by atoms with Gasteiger partial charge in [-0.3, -0.25) is 57.7 Å². The van der Waals surface area contributed by atoms with Gasteiger partial charge < -0.3 is 87.5 Å². The van der Waals surface area contributed by atoms with Crippen LogP contribution in [-0.2, 0) is 47.7 Å². The van der Waals surface area contributed by atoms with Crippen LogP contribution in [0.15, 0.2) is 203 Å². The van der Waals surface area contributed by atoms with Gasteiger partial charge in [-0.25, -0.2) is 31.3 Å². The van der Waals surface area contributed by atoms with Gasteiger partial charge in [0.05, 0.1) is 112 Å². The molecule has 1 atom stereocenters. The van der Waals surface area contributed by atoms with E-state index < -0.39 is 63.6 Å². The molecule has 8 heterocycles. The number of nitrogens with zero attached hydrogens (tertiary/aromatic N) is 5. The van der Waals surface area contributed by atoms with Gasteiger partial charge in [0, 0.05) is 103 Å². The molecule has 12 aromatic rings. The third kappa shape index (κ3) is 30.5. The number of rotatable bonds is 13. The topological polar surface area (TPSA) is 448 Å². The molecule has 4 aliphatic heterocycles. The number of halogens is 9. The number of ether oxygens (including phenoxy) is 4.